The number of halogens is 2. The minimum absolute atomic E-state index is 0.759. The van der Waals surface area contributed by atoms with E-state index >= 15 is 0 Å². The van der Waals surface area contributed by atoms with Crippen molar-refractivity contribution < 1.29 is 4.74 Å². The van der Waals surface area contributed by atoms with Crippen LogP contribution in [0.1, 0.15) is 5.56 Å². The molecule has 3 aromatic rings. The first-order valence-corrected chi connectivity index (χ1v) is 9.17. The molecule has 0 N–H and O–H groups in total. The van der Waals surface area contributed by atoms with Crippen molar-refractivity contribution in [2.24, 2.45) is 0 Å². The van der Waals surface area contributed by atoms with Crippen molar-refractivity contribution in [1.29, 1.82) is 0 Å². The first-order valence-electron chi connectivity index (χ1n) is 7.58. The molecule has 24 heavy (non-hydrogen) atoms. The van der Waals surface area contributed by atoms with Crippen molar-refractivity contribution >= 4 is 43.2 Å². The van der Waals surface area contributed by atoms with Crippen molar-refractivity contribution in [2.45, 2.75) is 6.54 Å². The van der Waals surface area contributed by atoms with Gasteiger partial charge in [-0.25, -0.2) is 0 Å². The number of anilines is 2. The molecule has 3 aromatic carbocycles. The fourth-order valence-electron chi connectivity index (χ4n) is 2.56. The van der Waals surface area contributed by atoms with E-state index in [0.29, 0.717) is 0 Å². The molecule has 0 spiro atoms. The van der Waals surface area contributed by atoms with Gasteiger partial charge in [-0.2, -0.15) is 0 Å². The van der Waals surface area contributed by atoms with Gasteiger partial charge in [-0.15, -0.1) is 0 Å². The Bertz CT molecular complexity index is 821. The molecule has 0 bridgehead atoms. The Morgan fingerprint density at radius 1 is 0.792 bits per heavy atom. The Kier molecular flexibility index (Phi) is 5.59. The predicted molar refractivity (Wildman–Crippen MR) is 107 cm³/mol. The van der Waals surface area contributed by atoms with Crippen LogP contribution in [0.5, 0.6) is 5.75 Å². The SMILES string of the molecule is COc1ccc(Br)c(N(Cc2ccccc2)c2ccccc2Br)c1. The number of hydrogen-bond donors (Lipinski definition) is 0. The van der Waals surface area contributed by atoms with Crippen LogP contribution < -0.4 is 9.64 Å². The highest BCUT2D eigenvalue weighted by molar-refractivity contribution is 9.11. The maximum Gasteiger partial charge on any atom is 0.121 e. The smallest absolute Gasteiger partial charge is 0.121 e. The number of rotatable bonds is 5. The minimum Gasteiger partial charge on any atom is -0.497 e. The number of ether oxygens (including phenoxy) is 1. The first-order chi connectivity index (χ1) is 11.7. The van der Waals surface area contributed by atoms with Crippen molar-refractivity contribution in [3.63, 3.8) is 0 Å². The van der Waals surface area contributed by atoms with Crippen LogP contribution >= 0.6 is 31.9 Å². The molecule has 0 aliphatic rings. The quantitative estimate of drug-likeness (QED) is 0.440. The van der Waals surface area contributed by atoms with Crippen molar-refractivity contribution in [1.82, 2.24) is 0 Å². The average molecular weight is 447 g/mol. The Labute approximate surface area is 159 Å². The third-order valence-corrected chi connectivity index (χ3v) is 5.11. The largest absolute Gasteiger partial charge is 0.497 e. The number of hydrogen-bond acceptors (Lipinski definition) is 2. The summed E-state index contributed by atoms with van der Waals surface area (Å²) in [6, 6.07) is 24.7. The first kappa shape index (κ1) is 17.1. The van der Waals surface area contributed by atoms with Crippen LogP contribution in [-0.4, -0.2) is 7.11 Å². The zero-order valence-electron chi connectivity index (χ0n) is 13.2. The molecule has 0 unspecified atom stereocenters. The predicted octanol–water partition coefficient (Wildman–Crippen LogP) is 6.56. The van der Waals surface area contributed by atoms with Gasteiger partial charge in [0.05, 0.1) is 18.5 Å². The summed E-state index contributed by atoms with van der Waals surface area (Å²) in [6.07, 6.45) is 0. The summed E-state index contributed by atoms with van der Waals surface area (Å²) in [7, 11) is 1.69. The summed E-state index contributed by atoms with van der Waals surface area (Å²) < 4.78 is 7.49. The lowest BCUT2D eigenvalue weighted by Crippen LogP contribution is -2.17. The molecule has 0 saturated heterocycles. The molecule has 0 saturated carbocycles. The summed E-state index contributed by atoms with van der Waals surface area (Å²) in [6.45, 7) is 0.759. The lowest BCUT2D eigenvalue weighted by atomic mass is 10.1. The van der Waals surface area contributed by atoms with Gasteiger partial charge >= 0.3 is 0 Å². The van der Waals surface area contributed by atoms with Gasteiger partial charge in [0, 0.05) is 21.6 Å². The summed E-state index contributed by atoms with van der Waals surface area (Å²) in [5, 5.41) is 0. The lowest BCUT2D eigenvalue weighted by Gasteiger charge is -2.27. The third kappa shape index (κ3) is 3.82. The second-order valence-electron chi connectivity index (χ2n) is 5.34. The van der Waals surface area contributed by atoms with Gasteiger partial charge in [-0.05, 0) is 61.7 Å². The number of nitrogens with zero attached hydrogens (tertiary/aromatic N) is 1. The Balaban J connectivity index is 2.10. The molecule has 122 valence electrons. The number of methoxy groups -OCH3 is 1. The van der Waals surface area contributed by atoms with Gasteiger partial charge in [-0.1, -0.05) is 42.5 Å². The summed E-state index contributed by atoms with van der Waals surface area (Å²) in [4.78, 5) is 2.27. The van der Waals surface area contributed by atoms with Crippen molar-refractivity contribution in [2.75, 3.05) is 12.0 Å². The van der Waals surface area contributed by atoms with E-state index in [1.54, 1.807) is 7.11 Å². The summed E-state index contributed by atoms with van der Waals surface area (Å²) in [5.74, 6) is 0.832. The van der Waals surface area contributed by atoms with Gasteiger partial charge < -0.3 is 9.64 Å². The van der Waals surface area contributed by atoms with Crippen molar-refractivity contribution in [3.05, 3.63) is 87.3 Å². The highest BCUT2D eigenvalue weighted by Gasteiger charge is 2.16. The molecule has 0 amide bonds. The average Bonchev–Trinajstić information content (AvgIpc) is 2.62. The molecule has 0 aliphatic carbocycles. The highest BCUT2D eigenvalue weighted by atomic mass is 79.9. The monoisotopic (exact) mass is 445 g/mol. The van der Waals surface area contributed by atoms with Crippen LogP contribution in [0, 0.1) is 0 Å². The molecule has 0 heterocycles. The van der Waals surface area contributed by atoms with E-state index in [1.165, 1.54) is 5.56 Å². The summed E-state index contributed by atoms with van der Waals surface area (Å²) >= 11 is 7.36. The fourth-order valence-corrected chi connectivity index (χ4v) is 3.52. The number of benzene rings is 3. The van der Waals surface area contributed by atoms with Crippen LogP contribution in [-0.2, 0) is 6.54 Å². The third-order valence-electron chi connectivity index (χ3n) is 3.77. The van der Waals surface area contributed by atoms with Crippen LogP contribution in [0.3, 0.4) is 0 Å². The second kappa shape index (κ2) is 7.86. The molecule has 0 radical (unpaired) electrons. The fraction of sp³-hybridized carbons (Fsp3) is 0.100. The van der Waals surface area contributed by atoms with Crippen LogP contribution in [0.4, 0.5) is 11.4 Å². The Morgan fingerprint density at radius 2 is 1.46 bits per heavy atom. The van der Waals surface area contributed by atoms with E-state index < -0.39 is 0 Å². The second-order valence-corrected chi connectivity index (χ2v) is 7.05. The topological polar surface area (TPSA) is 12.5 Å². The van der Waals surface area contributed by atoms with Gasteiger partial charge in [-0.3, -0.25) is 0 Å². The van der Waals surface area contributed by atoms with Gasteiger partial charge in [0.1, 0.15) is 5.75 Å². The maximum atomic E-state index is 5.42. The molecule has 0 atom stereocenters. The van der Waals surface area contributed by atoms with Crippen LogP contribution in [0.2, 0.25) is 0 Å². The molecule has 2 nitrogen and oxygen atoms in total. The van der Waals surface area contributed by atoms with Gasteiger partial charge in [0.2, 0.25) is 0 Å². The number of para-hydroxylation sites is 1. The molecule has 4 heteroatoms. The zero-order valence-corrected chi connectivity index (χ0v) is 16.4. The van der Waals surface area contributed by atoms with E-state index in [4.69, 9.17) is 4.74 Å². The normalized spacial score (nSPS) is 10.5. The Hall–Kier alpha value is -1.78. The maximum absolute atomic E-state index is 5.42. The minimum atomic E-state index is 0.759. The van der Waals surface area contributed by atoms with E-state index in [1.807, 2.05) is 36.4 Å². The lowest BCUT2D eigenvalue weighted by molar-refractivity contribution is 0.415. The highest BCUT2D eigenvalue weighted by Crippen LogP contribution is 2.39. The van der Waals surface area contributed by atoms with Crippen LogP contribution in [0.25, 0.3) is 0 Å². The molecule has 0 fully saturated rings. The summed E-state index contributed by atoms with van der Waals surface area (Å²) in [5.41, 5.74) is 3.41. The van der Waals surface area contributed by atoms with Crippen LogP contribution in [0.15, 0.2) is 81.7 Å². The molecule has 0 aliphatic heterocycles. The van der Waals surface area contributed by atoms with E-state index in [0.717, 1.165) is 32.6 Å². The van der Waals surface area contributed by atoms with E-state index in [-0.39, 0.29) is 0 Å². The van der Waals surface area contributed by atoms with Gasteiger partial charge in [0.25, 0.3) is 0 Å². The molecular formula is C20H17Br2NO. The molecular weight excluding hydrogens is 430 g/mol. The van der Waals surface area contributed by atoms with Crippen molar-refractivity contribution in [3.8, 4) is 5.75 Å². The van der Waals surface area contributed by atoms with Gasteiger partial charge in [0.15, 0.2) is 0 Å². The van der Waals surface area contributed by atoms with E-state index in [9.17, 15) is 0 Å². The molecule has 0 aromatic heterocycles. The Morgan fingerprint density at radius 3 is 2.17 bits per heavy atom. The zero-order chi connectivity index (χ0) is 16.9. The molecule has 3 rings (SSSR count). The van der Waals surface area contributed by atoms with E-state index in [2.05, 4.69) is 73.2 Å². The standard InChI is InChI=1S/C20H17Br2NO/c1-24-16-11-12-18(22)20(13-16)23(14-15-7-3-2-4-8-15)19-10-6-5-9-17(19)21/h2-13H,14H2,1H3.